The van der Waals surface area contributed by atoms with E-state index in [0.29, 0.717) is 0 Å². The van der Waals surface area contributed by atoms with Crippen LogP contribution in [0.4, 0.5) is 0 Å². The highest BCUT2D eigenvalue weighted by molar-refractivity contribution is 9.09. The summed E-state index contributed by atoms with van der Waals surface area (Å²) in [6.07, 6.45) is 5.06. The lowest BCUT2D eigenvalue weighted by Gasteiger charge is -2.33. The Kier molecular flexibility index (Phi) is 6.58. The van der Waals surface area contributed by atoms with Crippen LogP contribution in [0.25, 0.3) is 0 Å². The van der Waals surface area contributed by atoms with Crippen LogP contribution in [0.5, 0.6) is 0 Å². The van der Waals surface area contributed by atoms with Crippen LogP contribution in [0, 0.1) is 0 Å². The van der Waals surface area contributed by atoms with E-state index in [2.05, 4.69) is 49.4 Å². The van der Waals surface area contributed by atoms with Crippen LogP contribution >= 0.6 is 15.9 Å². The van der Waals surface area contributed by atoms with Crippen molar-refractivity contribution in [1.82, 2.24) is 0 Å². The Morgan fingerprint density at radius 3 is 2.07 bits per heavy atom. The molecular formula is C11H25BrOSi. The molecule has 3 heteroatoms. The highest BCUT2D eigenvalue weighted by Crippen LogP contribution is 2.23. The average Bonchev–Trinajstić information content (AvgIpc) is 1.93. The van der Waals surface area contributed by atoms with E-state index in [-0.39, 0.29) is 5.60 Å². The zero-order valence-corrected chi connectivity index (χ0v) is 12.9. The molecule has 0 amide bonds. The molecule has 0 spiro atoms. The lowest BCUT2D eigenvalue weighted by Crippen LogP contribution is -2.38. The normalized spacial score (nSPS) is 13.3. The van der Waals surface area contributed by atoms with E-state index >= 15 is 0 Å². The first-order chi connectivity index (χ1) is 6.27. The van der Waals surface area contributed by atoms with Crippen molar-refractivity contribution in [2.45, 2.75) is 64.8 Å². The van der Waals surface area contributed by atoms with Gasteiger partial charge in [-0.2, -0.15) is 0 Å². The third-order valence-corrected chi connectivity index (χ3v) is 3.72. The van der Waals surface area contributed by atoms with Gasteiger partial charge in [-0.1, -0.05) is 28.8 Å². The van der Waals surface area contributed by atoms with Gasteiger partial charge in [0, 0.05) is 5.33 Å². The molecule has 0 saturated carbocycles. The number of halogens is 1. The summed E-state index contributed by atoms with van der Waals surface area (Å²) in [6, 6.07) is 0. The zero-order valence-electron chi connectivity index (χ0n) is 10.3. The topological polar surface area (TPSA) is 9.23 Å². The Morgan fingerprint density at radius 2 is 1.64 bits per heavy atom. The molecule has 0 rings (SSSR count). The SMILES string of the molecule is CC(C)(CCCCCBr)O[Si](C)(C)C. The average molecular weight is 281 g/mol. The van der Waals surface area contributed by atoms with Crippen molar-refractivity contribution in [1.29, 1.82) is 0 Å². The van der Waals surface area contributed by atoms with Gasteiger partial charge < -0.3 is 4.43 Å². The molecule has 0 aliphatic heterocycles. The monoisotopic (exact) mass is 280 g/mol. The quantitative estimate of drug-likeness (QED) is 0.377. The minimum absolute atomic E-state index is 0.0801. The van der Waals surface area contributed by atoms with Gasteiger partial charge in [-0.25, -0.2) is 0 Å². The van der Waals surface area contributed by atoms with Gasteiger partial charge in [0.2, 0.25) is 0 Å². The molecule has 0 heterocycles. The molecule has 14 heavy (non-hydrogen) atoms. The number of rotatable bonds is 7. The Morgan fingerprint density at radius 1 is 1.07 bits per heavy atom. The van der Waals surface area contributed by atoms with Crippen molar-refractivity contribution >= 4 is 24.2 Å². The summed E-state index contributed by atoms with van der Waals surface area (Å²) in [5.41, 5.74) is 0.0801. The van der Waals surface area contributed by atoms with Gasteiger partial charge in [-0.05, 0) is 46.3 Å². The molecule has 0 bridgehead atoms. The summed E-state index contributed by atoms with van der Waals surface area (Å²) < 4.78 is 6.13. The Bertz CT molecular complexity index is 152. The van der Waals surface area contributed by atoms with Crippen LogP contribution in [-0.2, 0) is 4.43 Å². The van der Waals surface area contributed by atoms with E-state index in [9.17, 15) is 0 Å². The van der Waals surface area contributed by atoms with E-state index in [1.54, 1.807) is 0 Å². The number of alkyl halides is 1. The van der Waals surface area contributed by atoms with Gasteiger partial charge >= 0.3 is 0 Å². The summed E-state index contributed by atoms with van der Waals surface area (Å²) in [6.45, 7) is 11.2. The second-order valence-corrected chi connectivity index (χ2v) is 10.7. The van der Waals surface area contributed by atoms with Crippen LogP contribution in [0.15, 0.2) is 0 Å². The largest absolute Gasteiger partial charge is 0.413 e. The van der Waals surface area contributed by atoms with Crippen LogP contribution in [0.3, 0.4) is 0 Å². The third-order valence-electron chi connectivity index (χ3n) is 1.99. The molecule has 0 fully saturated rings. The lowest BCUT2D eigenvalue weighted by atomic mass is 10.0. The van der Waals surface area contributed by atoms with Crippen molar-refractivity contribution < 1.29 is 4.43 Å². The molecule has 1 nitrogen and oxygen atoms in total. The first-order valence-electron chi connectivity index (χ1n) is 5.53. The van der Waals surface area contributed by atoms with Crippen LogP contribution in [-0.4, -0.2) is 19.2 Å². The van der Waals surface area contributed by atoms with E-state index in [4.69, 9.17) is 4.43 Å². The Labute approximate surface area is 98.9 Å². The van der Waals surface area contributed by atoms with Crippen LogP contribution in [0.2, 0.25) is 19.6 Å². The Balaban J connectivity index is 3.72. The molecule has 0 aliphatic carbocycles. The molecule has 0 saturated heterocycles. The second kappa shape index (κ2) is 6.29. The highest BCUT2D eigenvalue weighted by atomic mass is 79.9. The minimum atomic E-state index is -1.37. The predicted molar refractivity (Wildman–Crippen MR) is 70.8 cm³/mol. The van der Waals surface area contributed by atoms with Crippen molar-refractivity contribution in [3.63, 3.8) is 0 Å². The van der Waals surface area contributed by atoms with Crippen molar-refractivity contribution in [2.75, 3.05) is 5.33 Å². The van der Waals surface area contributed by atoms with Gasteiger partial charge in [0.15, 0.2) is 8.32 Å². The van der Waals surface area contributed by atoms with Crippen molar-refractivity contribution in [3.8, 4) is 0 Å². The smallest absolute Gasteiger partial charge is 0.184 e. The summed E-state index contributed by atoms with van der Waals surface area (Å²) in [7, 11) is -1.37. The molecule has 0 aromatic carbocycles. The molecule has 0 radical (unpaired) electrons. The Hall–Kier alpha value is 0.657. The predicted octanol–water partition coefficient (Wildman–Crippen LogP) is 4.57. The molecule has 0 aromatic heterocycles. The highest BCUT2D eigenvalue weighted by Gasteiger charge is 2.26. The first-order valence-corrected chi connectivity index (χ1v) is 10.1. The number of hydrogen-bond donors (Lipinski definition) is 0. The van der Waals surface area contributed by atoms with Gasteiger partial charge in [-0.3, -0.25) is 0 Å². The van der Waals surface area contributed by atoms with Crippen LogP contribution < -0.4 is 0 Å². The standard InChI is InChI=1S/C11H25BrOSi/c1-11(2,13-14(3,4)5)9-7-6-8-10-12/h6-10H2,1-5H3. The van der Waals surface area contributed by atoms with E-state index in [0.717, 1.165) is 5.33 Å². The summed E-state index contributed by atoms with van der Waals surface area (Å²) in [4.78, 5) is 0. The fraction of sp³-hybridized carbons (Fsp3) is 1.00. The molecule has 0 N–H and O–H groups in total. The third kappa shape index (κ3) is 9.22. The molecular weight excluding hydrogens is 256 g/mol. The molecule has 0 unspecified atom stereocenters. The summed E-state index contributed by atoms with van der Waals surface area (Å²) in [5.74, 6) is 0. The van der Waals surface area contributed by atoms with E-state index in [1.165, 1.54) is 25.7 Å². The van der Waals surface area contributed by atoms with Gasteiger partial charge in [-0.15, -0.1) is 0 Å². The maximum Gasteiger partial charge on any atom is 0.184 e. The fourth-order valence-corrected chi connectivity index (χ4v) is 3.86. The van der Waals surface area contributed by atoms with Crippen LogP contribution in [0.1, 0.15) is 39.5 Å². The minimum Gasteiger partial charge on any atom is -0.413 e. The molecule has 0 aliphatic rings. The first kappa shape index (κ1) is 14.7. The van der Waals surface area contributed by atoms with Crippen molar-refractivity contribution in [2.24, 2.45) is 0 Å². The van der Waals surface area contributed by atoms with Gasteiger partial charge in [0.25, 0.3) is 0 Å². The maximum atomic E-state index is 6.13. The van der Waals surface area contributed by atoms with Gasteiger partial charge in [0.1, 0.15) is 0 Å². The molecule has 0 atom stereocenters. The van der Waals surface area contributed by atoms with E-state index in [1.807, 2.05) is 0 Å². The number of unbranched alkanes of at least 4 members (excludes halogenated alkanes) is 2. The molecule has 86 valence electrons. The number of hydrogen-bond acceptors (Lipinski definition) is 1. The fourth-order valence-electron chi connectivity index (χ4n) is 1.70. The lowest BCUT2D eigenvalue weighted by molar-refractivity contribution is 0.0882. The van der Waals surface area contributed by atoms with E-state index < -0.39 is 8.32 Å². The van der Waals surface area contributed by atoms with Crippen molar-refractivity contribution in [3.05, 3.63) is 0 Å². The summed E-state index contributed by atoms with van der Waals surface area (Å²) in [5, 5.41) is 1.13. The zero-order chi connectivity index (χ0) is 11.2. The summed E-state index contributed by atoms with van der Waals surface area (Å²) >= 11 is 3.45. The second-order valence-electron chi connectivity index (χ2n) is 5.47. The van der Waals surface area contributed by atoms with Gasteiger partial charge in [0.05, 0.1) is 5.60 Å². The maximum absolute atomic E-state index is 6.13. The molecule has 0 aromatic rings.